The van der Waals surface area contributed by atoms with Crippen LogP contribution in [0.1, 0.15) is 15.9 Å². The normalized spacial score (nSPS) is 14.4. The molecule has 142 valence electrons. The molecule has 1 heterocycles. The van der Waals surface area contributed by atoms with Crippen LogP contribution in [0.4, 0.5) is 4.39 Å². The number of carbonyl (C=O) groups is 2. The zero-order valence-electron chi connectivity index (χ0n) is 14.2. The van der Waals surface area contributed by atoms with E-state index in [4.69, 9.17) is 23.2 Å². The number of hydrogen-bond acceptors (Lipinski definition) is 2. The summed E-state index contributed by atoms with van der Waals surface area (Å²) in [5, 5.41) is 0.575. The highest BCUT2D eigenvalue weighted by Gasteiger charge is 2.26. The number of hydrogen-bond donors (Lipinski definition) is 0. The van der Waals surface area contributed by atoms with Gasteiger partial charge in [-0.2, -0.15) is 0 Å². The van der Waals surface area contributed by atoms with Crippen LogP contribution < -0.4 is 0 Å². The minimum Gasteiger partial charge on any atom is -0.339 e. The van der Waals surface area contributed by atoms with Crippen molar-refractivity contribution in [3.8, 4) is 0 Å². The molecule has 0 atom stereocenters. The van der Waals surface area contributed by atoms with E-state index in [0.717, 1.165) is 5.56 Å². The lowest BCUT2D eigenvalue weighted by Crippen LogP contribution is -2.51. The number of benzene rings is 2. The molecule has 1 aliphatic heterocycles. The van der Waals surface area contributed by atoms with Crippen molar-refractivity contribution in [2.45, 2.75) is 6.42 Å². The standard InChI is InChI=1S/C19H16BrCl2FN2O2/c20-14-10-12(4-5-16(14)23)11-17(26)24-6-8-25(9-7-24)19(27)13-2-1-3-15(21)18(13)22/h1-5,10H,6-9,11H2. The van der Waals surface area contributed by atoms with Gasteiger partial charge in [0.1, 0.15) is 5.82 Å². The van der Waals surface area contributed by atoms with Gasteiger partial charge < -0.3 is 9.80 Å². The smallest absolute Gasteiger partial charge is 0.255 e. The van der Waals surface area contributed by atoms with Gasteiger partial charge in [-0.05, 0) is 45.8 Å². The molecule has 2 aromatic rings. The third-order valence-corrected chi connectivity index (χ3v) is 5.87. The quantitative estimate of drug-likeness (QED) is 0.661. The van der Waals surface area contributed by atoms with Crippen LogP contribution in [-0.4, -0.2) is 47.8 Å². The van der Waals surface area contributed by atoms with Gasteiger partial charge >= 0.3 is 0 Å². The molecule has 0 radical (unpaired) electrons. The van der Waals surface area contributed by atoms with Gasteiger partial charge in [-0.25, -0.2) is 4.39 Å². The molecule has 27 heavy (non-hydrogen) atoms. The van der Waals surface area contributed by atoms with Crippen LogP contribution in [0.15, 0.2) is 40.9 Å². The van der Waals surface area contributed by atoms with Crippen LogP contribution in [0, 0.1) is 5.82 Å². The molecular weight excluding hydrogens is 458 g/mol. The van der Waals surface area contributed by atoms with E-state index in [1.165, 1.54) is 6.07 Å². The predicted octanol–water partition coefficient (Wildman–Crippen LogP) is 4.42. The van der Waals surface area contributed by atoms with Gasteiger partial charge in [-0.3, -0.25) is 9.59 Å². The Morgan fingerprint density at radius 1 is 1.04 bits per heavy atom. The summed E-state index contributed by atoms with van der Waals surface area (Å²) < 4.78 is 13.6. The van der Waals surface area contributed by atoms with Crippen molar-refractivity contribution in [1.29, 1.82) is 0 Å². The molecule has 4 nitrogen and oxygen atoms in total. The fourth-order valence-corrected chi connectivity index (χ4v) is 3.74. The fraction of sp³-hybridized carbons (Fsp3) is 0.263. The maximum absolute atomic E-state index is 13.3. The fourth-order valence-electron chi connectivity index (χ4n) is 2.93. The van der Waals surface area contributed by atoms with E-state index in [1.54, 1.807) is 40.1 Å². The molecule has 0 bridgehead atoms. The Morgan fingerprint density at radius 2 is 1.70 bits per heavy atom. The average molecular weight is 474 g/mol. The molecular formula is C19H16BrCl2FN2O2. The Bertz CT molecular complexity index is 886. The first-order chi connectivity index (χ1) is 12.9. The summed E-state index contributed by atoms with van der Waals surface area (Å²) in [6.07, 6.45) is 0.187. The molecule has 0 spiro atoms. The highest BCUT2D eigenvalue weighted by Crippen LogP contribution is 2.27. The molecule has 3 rings (SSSR count). The van der Waals surface area contributed by atoms with Gasteiger partial charge in [0.25, 0.3) is 5.91 Å². The largest absolute Gasteiger partial charge is 0.339 e. The first-order valence-corrected chi connectivity index (χ1v) is 9.86. The monoisotopic (exact) mass is 472 g/mol. The molecule has 0 N–H and O–H groups in total. The summed E-state index contributed by atoms with van der Waals surface area (Å²) >= 11 is 15.2. The summed E-state index contributed by atoms with van der Waals surface area (Å²) in [5.41, 5.74) is 1.09. The van der Waals surface area contributed by atoms with E-state index in [0.29, 0.717) is 41.2 Å². The maximum Gasteiger partial charge on any atom is 0.255 e. The van der Waals surface area contributed by atoms with Crippen molar-refractivity contribution >= 4 is 50.9 Å². The van der Waals surface area contributed by atoms with Crippen molar-refractivity contribution in [3.05, 3.63) is 67.9 Å². The van der Waals surface area contributed by atoms with E-state index in [9.17, 15) is 14.0 Å². The zero-order chi connectivity index (χ0) is 19.6. The molecule has 2 aromatic carbocycles. The van der Waals surface area contributed by atoms with Crippen molar-refractivity contribution < 1.29 is 14.0 Å². The number of amides is 2. The van der Waals surface area contributed by atoms with E-state index in [2.05, 4.69) is 15.9 Å². The lowest BCUT2D eigenvalue weighted by Gasteiger charge is -2.35. The van der Waals surface area contributed by atoms with Gasteiger partial charge in [0.15, 0.2) is 0 Å². The summed E-state index contributed by atoms with van der Waals surface area (Å²) in [6, 6.07) is 9.48. The SMILES string of the molecule is O=C(Cc1ccc(F)c(Br)c1)N1CCN(C(=O)c2cccc(Cl)c2Cl)CC1. The first-order valence-electron chi connectivity index (χ1n) is 8.32. The second kappa shape index (κ2) is 8.59. The lowest BCUT2D eigenvalue weighted by molar-refractivity contribution is -0.131. The third kappa shape index (κ3) is 4.62. The first kappa shape index (κ1) is 20.1. The number of piperazine rings is 1. The van der Waals surface area contributed by atoms with Crippen LogP contribution in [0.5, 0.6) is 0 Å². The molecule has 1 fully saturated rings. The Labute approximate surface area is 175 Å². The predicted molar refractivity (Wildman–Crippen MR) is 107 cm³/mol. The Hall–Kier alpha value is -1.63. The Balaban J connectivity index is 1.59. The lowest BCUT2D eigenvalue weighted by atomic mass is 10.1. The molecule has 0 unspecified atom stereocenters. The number of halogens is 4. The summed E-state index contributed by atoms with van der Waals surface area (Å²) in [6.45, 7) is 1.71. The Kier molecular flexibility index (Phi) is 6.40. The summed E-state index contributed by atoms with van der Waals surface area (Å²) in [7, 11) is 0. The molecule has 2 amide bonds. The maximum atomic E-state index is 13.3. The minimum atomic E-state index is -0.363. The van der Waals surface area contributed by atoms with Gasteiger partial charge in [0, 0.05) is 26.2 Å². The van der Waals surface area contributed by atoms with Crippen LogP contribution in [0.3, 0.4) is 0 Å². The third-order valence-electron chi connectivity index (χ3n) is 4.44. The van der Waals surface area contributed by atoms with Crippen molar-refractivity contribution in [1.82, 2.24) is 9.80 Å². The second-order valence-corrected chi connectivity index (χ2v) is 7.84. The molecule has 0 aliphatic carbocycles. The number of rotatable bonds is 3. The van der Waals surface area contributed by atoms with Gasteiger partial charge in [-0.1, -0.05) is 35.3 Å². The molecule has 0 aromatic heterocycles. The topological polar surface area (TPSA) is 40.6 Å². The number of nitrogens with zero attached hydrogens (tertiary/aromatic N) is 2. The van der Waals surface area contributed by atoms with E-state index < -0.39 is 0 Å². The van der Waals surface area contributed by atoms with Crippen LogP contribution in [-0.2, 0) is 11.2 Å². The van der Waals surface area contributed by atoms with Gasteiger partial charge in [0.05, 0.1) is 26.5 Å². The molecule has 0 saturated carbocycles. The molecule has 1 aliphatic rings. The van der Waals surface area contributed by atoms with Crippen LogP contribution >= 0.6 is 39.1 Å². The van der Waals surface area contributed by atoms with Crippen LogP contribution in [0.25, 0.3) is 0 Å². The summed E-state index contributed by atoms with van der Waals surface area (Å²) in [5.74, 6) is -0.614. The highest BCUT2D eigenvalue weighted by molar-refractivity contribution is 9.10. The zero-order valence-corrected chi connectivity index (χ0v) is 17.3. The van der Waals surface area contributed by atoms with Crippen molar-refractivity contribution in [2.24, 2.45) is 0 Å². The average Bonchev–Trinajstić information content (AvgIpc) is 2.66. The Morgan fingerprint density at radius 3 is 2.37 bits per heavy atom. The highest BCUT2D eigenvalue weighted by atomic mass is 79.9. The van der Waals surface area contributed by atoms with Gasteiger partial charge in [-0.15, -0.1) is 0 Å². The number of carbonyl (C=O) groups excluding carboxylic acids is 2. The van der Waals surface area contributed by atoms with E-state index >= 15 is 0 Å². The van der Waals surface area contributed by atoms with Crippen molar-refractivity contribution in [3.63, 3.8) is 0 Å². The molecule has 8 heteroatoms. The summed E-state index contributed by atoms with van der Waals surface area (Å²) in [4.78, 5) is 28.5. The van der Waals surface area contributed by atoms with Crippen molar-refractivity contribution in [2.75, 3.05) is 26.2 Å². The second-order valence-electron chi connectivity index (χ2n) is 6.20. The van der Waals surface area contributed by atoms with E-state index in [1.807, 2.05) is 0 Å². The van der Waals surface area contributed by atoms with Gasteiger partial charge in [0.2, 0.25) is 5.91 Å². The minimum absolute atomic E-state index is 0.0543. The van der Waals surface area contributed by atoms with Crippen LogP contribution in [0.2, 0.25) is 10.0 Å². The van der Waals surface area contributed by atoms with E-state index in [-0.39, 0.29) is 29.1 Å². The molecule has 1 saturated heterocycles.